The van der Waals surface area contributed by atoms with E-state index in [1.165, 1.54) is 16.9 Å². The maximum atomic E-state index is 13.3. The van der Waals surface area contributed by atoms with Gasteiger partial charge in [-0.15, -0.1) is 5.10 Å². The number of fused-ring (bicyclic) bond motifs is 1. The molecule has 31 heavy (non-hydrogen) atoms. The molecule has 0 spiro atoms. The summed E-state index contributed by atoms with van der Waals surface area (Å²) in [5.41, 5.74) is 2.83. The van der Waals surface area contributed by atoms with E-state index in [0.717, 1.165) is 74.1 Å². The number of likely N-dealkylation sites (tertiary alicyclic amines) is 1. The molecule has 1 aromatic carbocycles. The lowest BCUT2D eigenvalue weighted by Gasteiger charge is -2.30. The number of aromatic nitrogens is 5. The van der Waals surface area contributed by atoms with Crippen LogP contribution in [0.3, 0.4) is 0 Å². The molecular weight excluding hydrogens is 392 g/mol. The van der Waals surface area contributed by atoms with Crippen LogP contribution in [-0.4, -0.2) is 51.0 Å². The zero-order chi connectivity index (χ0) is 21.2. The van der Waals surface area contributed by atoms with Gasteiger partial charge in [0, 0.05) is 12.1 Å². The molecule has 0 saturated carbocycles. The number of ether oxygens (including phenoxy) is 1. The van der Waals surface area contributed by atoms with Crippen molar-refractivity contribution in [2.45, 2.75) is 64.1 Å². The molecule has 2 aliphatic rings. The number of aryl methyl sites for hydroxylation is 1. The molecule has 4 heterocycles. The Bertz CT molecular complexity index is 1090. The molecule has 164 valence electrons. The van der Waals surface area contributed by atoms with Crippen LogP contribution in [0.5, 0.6) is 0 Å². The fraction of sp³-hybridized carbons (Fsp3) is 0.565. The second-order valence-electron chi connectivity index (χ2n) is 8.84. The van der Waals surface area contributed by atoms with Crippen molar-refractivity contribution >= 4 is 10.9 Å². The number of aromatic amines is 1. The second-order valence-corrected chi connectivity index (χ2v) is 8.84. The number of tetrazole rings is 1. The fourth-order valence-electron chi connectivity index (χ4n) is 5.07. The number of nitrogens with one attached hydrogen (secondary N) is 2. The predicted molar refractivity (Wildman–Crippen MR) is 117 cm³/mol. The van der Waals surface area contributed by atoms with Crippen LogP contribution in [-0.2, 0) is 17.7 Å². The molecule has 5 rings (SSSR count). The highest BCUT2D eigenvalue weighted by atomic mass is 16.5. The molecule has 2 atom stereocenters. The monoisotopic (exact) mass is 423 g/mol. The Hall–Kier alpha value is -2.58. The third-order valence-corrected chi connectivity index (χ3v) is 6.78. The Morgan fingerprint density at radius 2 is 2.10 bits per heavy atom. The molecule has 0 amide bonds. The SMILES string of the molecule is CCc1ccc2[nH]c(=O)c([C@@H](c3nnnn3C[C@H]3CCCO3)[NH+]3CCCCC3)cc2c1. The largest absolute Gasteiger partial charge is 0.376 e. The number of hydrogen-bond acceptors (Lipinski definition) is 5. The minimum Gasteiger partial charge on any atom is -0.376 e. The second kappa shape index (κ2) is 8.88. The molecule has 0 radical (unpaired) electrons. The van der Waals surface area contributed by atoms with Crippen LogP contribution in [0.1, 0.15) is 62.0 Å². The van der Waals surface area contributed by atoms with E-state index in [2.05, 4.69) is 45.6 Å². The summed E-state index contributed by atoms with van der Waals surface area (Å²) in [4.78, 5) is 17.7. The predicted octanol–water partition coefficient (Wildman–Crippen LogP) is 1.41. The molecule has 2 aliphatic heterocycles. The first-order valence-corrected chi connectivity index (χ1v) is 11.6. The van der Waals surface area contributed by atoms with Gasteiger partial charge in [0.05, 0.1) is 31.3 Å². The Kier molecular flexibility index (Phi) is 5.82. The van der Waals surface area contributed by atoms with Crippen molar-refractivity contribution in [2.24, 2.45) is 0 Å². The molecule has 0 unspecified atom stereocenters. The van der Waals surface area contributed by atoms with E-state index in [0.29, 0.717) is 6.54 Å². The highest BCUT2D eigenvalue weighted by Crippen LogP contribution is 2.22. The van der Waals surface area contributed by atoms with E-state index >= 15 is 0 Å². The van der Waals surface area contributed by atoms with Gasteiger partial charge in [-0.1, -0.05) is 13.0 Å². The molecule has 3 aromatic rings. The third kappa shape index (κ3) is 4.14. The molecule has 8 nitrogen and oxygen atoms in total. The van der Waals surface area contributed by atoms with Gasteiger partial charge < -0.3 is 14.6 Å². The van der Waals surface area contributed by atoms with Gasteiger partial charge in [-0.25, -0.2) is 4.68 Å². The minimum atomic E-state index is -0.185. The Morgan fingerprint density at radius 1 is 1.23 bits per heavy atom. The highest BCUT2D eigenvalue weighted by Gasteiger charge is 2.35. The van der Waals surface area contributed by atoms with Crippen molar-refractivity contribution in [1.29, 1.82) is 0 Å². The minimum absolute atomic E-state index is 0.0495. The Morgan fingerprint density at radius 3 is 2.87 bits per heavy atom. The lowest BCUT2D eigenvalue weighted by atomic mass is 9.99. The fourth-order valence-corrected chi connectivity index (χ4v) is 5.07. The number of pyridine rings is 1. The number of benzene rings is 1. The van der Waals surface area contributed by atoms with Crippen LogP contribution in [0.2, 0.25) is 0 Å². The molecule has 2 saturated heterocycles. The summed E-state index contributed by atoms with van der Waals surface area (Å²) >= 11 is 0. The van der Waals surface area contributed by atoms with Gasteiger partial charge in [-0.2, -0.15) is 0 Å². The summed E-state index contributed by atoms with van der Waals surface area (Å²) in [6.45, 7) is 5.62. The molecule has 2 N–H and O–H groups in total. The van der Waals surface area contributed by atoms with Crippen LogP contribution >= 0.6 is 0 Å². The van der Waals surface area contributed by atoms with Crippen molar-refractivity contribution in [2.75, 3.05) is 19.7 Å². The first kappa shape index (κ1) is 20.3. The summed E-state index contributed by atoms with van der Waals surface area (Å²) in [6, 6.07) is 8.13. The number of H-pyrrole nitrogens is 1. The van der Waals surface area contributed by atoms with Crippen molar-refractivity contribution in [3.63, 3.8) is 0 Å². The van der Waals surface area contributed by atoms with Gasteiger partial charge in [-0.05, 0) is 78.1 Å². The average Bonchev–Trinajstić information content (AvgIpc) is 3.48. The first-order valence-electron chi connectivity index (χ1n) is 11.6. The Balaban J connectivity index is 1.59. The summed E-state index contributed by atoms with van der Waals surface area (Å²) in [6.07, 6.45) is 6.76. The van der Waals surface area contributed by atoms with Crippen molar-refractivity contribution < 1.29 is 9.64 Å². The van der Waals surface area contributed by atoms with Crippen molar-refractivity contribution in [1.82, 2.24) is 25.2 Å². The van der Waals surface area contributed by atoms with Crippen LogP contribution in [0, 0.1) is 0 Å². The number of rotatable bonds is 6. The summed E-state index contributed by atoms with van der Waals surface area (Å²) in [5.74, 6) is 0.767. The third-order valence-electron chi connectivity index (χ3n) is 6.78. The number of quaternary nitrogens is 1. The molecule has 0 bridgehead atoms. The number of nitrogens with zero attached hydrogens (tertiary/aromatic N) is 4. The zero-order valence-electron chi connectivity index (χ0n) is 18.1. The Labute approximate surface area is 181 Å². The lowest BCUT2D eigenvalue weighted by Crippen LogP contribution is -3.13. The van der Waals surface area contributed by atoms with Gasteiger partial charge in [0.25, 0.3) is 5.56 Å². The van der Waals surface area contributed by atoms with E-state index in [1.807, 2.05) is 10.7 Å². The molecule has 8 heteroatoms. The lowest BCUT2D eigenvalue weighted by molar-refractivity contribution is -0.931. The van der Waals surface area contributed by atoms with Gasteiger partial charge in [0.1, 0.15) is 0 Å². The number of hydrogen-bond donors (Lipinski definition) is 2. The van der Waals surface area contributed by atoms with E-state index < -0.39 is 0 Å². The molecule has 2 aromatic heterocycles. The summed E-state index contributed by atoms with van der Waals surface area (Å²) in [5, 5.41) is 13.8. The normalized spacial score (nSPS) is 21.0. The quantitative estimate of drug-likeness (QED) is 0.626. The summed E-state index contributed by atoms with van der Waals surface area (Å²) < 4.78 is 7.70. The number of piperidine rings is 1. The summed E-state index contributed by atoms with van der Waals surface area (Å²) in [7, 11) is 0. The van der Waals surface area contributed by atoms with Gasteiger partial charge in [-0.3, -0.25) is 4.79 Å². The van der Waals surface area contributed by atoms with Crippen LogP contribution in [0.15, 0.2) is 29.1 Å². The topological polar surface area (TPSA) is 90.1 Å². The smallest absolute Gasteiger partial charge is 0.258 e. The van der Waals surface area contributed by atoms with E-state index in [9.17, 15) is 4.79 Å². The standard InChI is InChI=1S/C23H30N6O2/c1-2-16-8-9-20-17(13-16)14-19(23(30)24-20)21(28-10-4-3-5-11-28)22-25-26-27-29(22)15-18-7-6-12-31-18/h8-9,13-14,18,21H,2-7,10-12,15H2,1H3,(H,24,30)/p+1/t18-,21+/m1/s1. The van der Waals surface area contributed by atoms with E-state index in [1.54, 1.807) is 0 Å². The van der Waals surface area contributed by atoms with Gasteiger partial charge in [0.2, 0.25) is 5.82 Å². The van der Waals surface area contributed by atoms with Gasteiger partial charge in [0.15, 0.2) is 6.04 Å². The maximum absolute atomic E-state index is 13.3. The highest BCUT2D eigenvalue weighted by molar-refractivity contribution is 5.79. The van der Waals surface area contributed by atoms with Crippen LogP contribution in [0.25, 0.3) is 10.9 Å². The first-order chi connectivity index (χ1) is 15.2. The van der Waals surface area contributed by atoms with Crippen LogP contribution in [0.4, 0.5) is 0 Å². The molecule has 2 fully saturated rings. The van der Waals surface area contributed by atoms with Gasteiger partial charge >= 0.3 is 0 Å². The maximum Gasteiger partial charge on any atom is 0.258 e. The zero-order valence-corrected chi connectivity index (χ0v) is 18.1. The van der Waals surface area contributed by atoms with E-state index in [-0.39, 0.29) is 17.7 Å². The molecule has 0 aliphatic carbocycles. The van der Waals surface area contributed by atoms with E-state index in [4.69, 9.17) is 4.74 Å². The molecular formula is C23H31N6O2+. The van der Waals surface area contributed by atoms with Crippen molar-refractivity contribution in [3.05, 3.63) is 51.6 Å². The van der Waals surface area contributed by atoms with Crippen molar-refractivity contribution in [3.8, 4) is 0 Å². The van der Waals surface area contributed by atoms with Crippen LogP contribution < -0.4 is 10.5 Å². The average molecular weight is 424 g/mol.